The third-order valence-electron chi connectivity index (χ3n) is 5.81. The number of carbonyl (C=O) groups excluding carboxylic acids is 1. The van der Waals surface area contributed by atoms with Gasteiger partial charge in [-0.1, -0.05) is 42.0 Å². The number of fused-ring (bicyclic) bond motifs is 1. The molecule has 3 aromatic rings. The van der Waals surface area contributed by atoms with Gasteiger partial charge in [0.2, 0.25) is 5.17 Å². The Bertz CT molecular complexity index is 1490. The predicted octanol–water partition coefficient (Wildman–Crippen LogP) is 5.55. The highest BCUT2D eigenvalue weighted by Gasteiger charge is 2.35. The van der Waals surface area contributed by atoms with Gasteiger partial charge in [0.15, 0.2) is 17.3 Å². The Kier molecular flexibility index (Phi) is 8.46. The minimum Gasteiger partial charge on any atom is -0.490 e. The molecule has 9 nitrogen and oxygen atoms in total. The molecule has 0 saturated carbocycles. The third kappa shape index (κ3) is 6.52. The topological polar surface area (TPSA) is 106 Å². The second-order valence-electron chi connectivity index (χ2n) is 8.76. The molecule has 1 amide bonds. The number of ether oxygens (including phenoxy) is 4. The van der Waals surface area contributed by atoms with E-state index in [1.54, 1.807) is 24.3 Å². The zero-order valence-electron chi connectivity index (χ0n) is 22.1. The Labute approximate surface area is 236 Å². The van der Waals surface area contributed by atoms with Crippen LogP contribution in [0.4, 0.5) is 0 Å². The second-order valence-corrected chi connectivity index (χ2v) is 9.81. The van der Waals surface area contributed by atoms with Crippen molar-refractivity contribution in [1.29, 1.82) is 5.41 Å². The van der Waals surface area contributed by atoms with Gasteiger partial charge in [0, 0.05) is 0 Å². The molecule has 0 spiro atoms. The third-order valence-corrected chi connectivity index (χ3v) is 6.69. The summed E-state index contributed by atoms with van der Waals surface area (Å²) in [6, 6.07) is 22.6. The van der Waals surface area contributed by atoms with Crippen LogP contribution in [0.2, 0.25) is 0 Å². The number of amidine groups is 2. The van der Waals surface area contributed by atoms with Crippen LogP contribution in [-0.4, -0.2) is 53.4 Å². The van der Waals surface area contributed by atoms with Gasteiger partial charge in [-0.15, -0.1) is 0 Å². The average Bonchev–Trinajstić information content (AvgIpc) is 3.38. The van der Waals surface area contributed by atoms with Crippen molar-refractivity contribution in [1.82, 2.24) is 5.01 Å². The van der Waals surface area contributed by atoms with Crippen molar-refractivity contribution < 1.29 is 23.7 Å². The summed E-state index contributed by atoms with van der Waals surface area (Å²) in [5.74, 6) is 2.02. The Morgan fingerprint density at radius 3 is 2.42 bits per heavy atom. The normalized spacial score (nSPS) is 15.4. The molecule has 2 aliphatic rings. The van der Waals surface area contributed by atoms with Crippen LogP contribution in [0.5, 0.6) is 23.0 Å². The minimum absolute atomic E-state index is 0.0521. The van der Waals surface area contributed by atoms with E-state index in [4.69, 9.17) is 24.4 Å². The molecule has 0 saturated heterocycles. The van der Waals surface area contributed by atoms with E-state index in [1.165, 1.54) is 22.3 Å². The molecule has 3 aromatic carbocycles. The molecule has 40 heavy (non-hydrogen) atoms. The van der Waals surface area contributed by atoms with Crippen molar-refractivity contribution in [2.45, 2.75) is 13.8 Å². The number of nitrogens with one attached hydrogen (secondary N) is 1. The minimum atomic E-state index is -0.504. The molecule has 204 valence electrons. The molecule has 0 bridgehead atoms. The molecular formula is C30H28N4O5S. The van der Waals surface area contributed by atoms with Crippen molar-refractivity contribution in [3.05, 3.63) is 89.5 Å². The SMILES string of the molecule is CCOc1cc(/C=C2/C(=N)N3N=C(COc4ccccc4)SC3=NC2=O)ccc1OCCOc1ccc(C)cc1. The number of carbonyl (C=O) groups is 1. The maximum atomic E-state index is 12.8. The van der Waals surface area contributed by atoms with E-state index >= 15 is 0 Å². The zero-order valence-corrected chi connectivity index (χ0v) is 22.9. The maximum Gasteiger partial charge on any atom is 0.283 e. The van der Waals surface area contributed by atoms with Gasteiger partial charge >= 0.3 is 0 Å². The number of hydrazone groups is 1. The average molecular weight is 557 g/mol. The van der Waals surface area contributed by atoms with Gasteiger partial charge in [-0.05, 0) is 73.6 Å². The van der Waals surface area contributed by atoms with E-state index < -0.39 is 5.91 Å². The van der Waals surface area contributed by atoms with Gasteiger partial charge in [0.1, 0.15) is 36.4 Å². The first-order chi connectivity index (χ1) is 19.5. The fourth-order valence-electron chi connectivity index (χ4n) is 3.87. The van der Waals surface area contributed by atoms with Crippen molar-refractivity contribution >= 4 is 39.8 Å². The van der Waals surface area contributed by atoms with Crippen LogP contribution in [0.25, 0.3) is 6.08 Å². The molecule has 2 aliphatic heterocycles. The Morgan fingerprint density at radius 1 is 0.900 bits per heavy atom. The second kappa shape index (κ2) is 12.5. The number of amides is 1. The highest BCUT2D eigenvalue weighted by atomic mass is 32.2. The quantitative estimate of drug-likeness (QED) is 0.244. The summed E-state index contributed by atoms with van der Waals surface area (Å²) in [6.45, 7) is 5.26. The number of hydrogen-bond donors (Lipinski definition) is 1. The number of aryl methyl sites for hydroxylation is 1. The fraction of sp³-hybridized carbons (Fsp3) is 0.200. The monoisotopic (exact) mass is 556 g/mol. The van der Waals surface area contributed by atoms with Crippen LogP contribution in [0.1, 0.15) is 18.1 Å². The standard InChI is InChI=1S/C30H28N4O5S/c1-3-36-26-18-21(11-14-25(26)38-16-15-37-23-12-9-20(2)10-13-23)17-24-28(31)34-30(32-29(24)35)40-27(33-34)19-39-22-7-5-4-6-8-22/h4-14,17-18,31H,3,15-16,19H2,1-2H3/b24-17-,31-28?. The highest BCUT2D eigenvalue weighted by Crippen LogP contribution is 2.32. The van der Waals surface area contributed by atoms with Gasteiger partial charge in [-0.25, -0.2) is 0 Å². The number of rotatable bonds is 11. The molecule has 1 N–H and O–H groups in total. The summed E-state index contributed by atoms with van der Waals surface area (Å²) >= 11 is 1.21. The molecule has 0 radical (unpaired) electrons. The summed E-state index contributed by atoms with van der Waals surface area (Å²) in [4.78, 5) is 17.0. The lowest BCUT2D eigenvalue weighted by Crippen LogP contribution is -2.35. The lowest BCUT2D eigenvalue weighted by atomic mass is 10.1. The highest BCUT2D eigenvalue weighted by molar-refractivity contribution is 8.27. The van der Waals surface area contributed by atoms with Crippen molar-refractivity contribution in [3.8, 4) is 23.0 Å². The van der Waals surface area contributed by atoms with Crippen LogP contribution in [0.3, 0.4) is 0 Å². The summed E-state index contributed by atoms with van der Waals surface area (Å²) in [5, 5.41) is 15.4. The number of nitrogens with zero attached hydrogens (tertiary/aromatic N) is 3. The molecule has 0 unspecified atom stereocenters. The molecule has 0 aliphatic carbocycles. The van der Waals surface area contributed by atoms with Crippen LogP contribution in [0, 0.1) is 12.3 Å². The van der Waals surface area contributed by atoms with E-state index in [0.717, 1.165) is 5.75 Å². The van der Waals surface area contributed by atoms with Gasteiger partial charge in [-0.3, -0.25) is 10.2 Å². The summed E-state index contributed by atoms with van der Waals surface area (Å²) in [5.41, 5.74) is 1.96. The molecule has 2 heterocycles. The molecule has 10 heteroatoms. The largest absolute Gasteiger partial charge is 0.490 e. The first-order valence-corrected chi connectivity index (χ1v) is 13.6. The first-order valence-electron chi connectivity index (χ1n) is 12.8. The number of para-hydroxylation sites is 1. The summed E-state index contributed by atoms with van der Waals surface area (Å²) in [6.07, 6.45) is 1.61. The Hall–Kier alpha value is -4.57. The van der Waals surface area contributed by atoms with Crippen LogP contribution < -0.4 is 18.9 Å². The van der Waals surface area contributed by atoms with E-state index in [0.29, 0.717) is 52.8 Å². The Balaban J connectivity index is 1.25. The number of aliphatic imine (C=N–C) groups is 1. The summed E-state index contributed by atoms with van der Waals surface area (Å²) < 4.78 is 23.2. The van der Waals surface area contributed by atoms with Gasteiger partial charge in [0.25, 0.3) is 5.91 Å². The van der Waals surface area contributed by atoms with Crippen LogP contribution in [0.15, 0.2) is 88.5 Å². The van der Waals surface area contributed by atoms with Crippen molar-refractivity contribution in [2.75, 3.05) is 26.4 Å². The van der Waals surface area contributed by atoms with E-state index in [-0.39, 0.29) is 18.0 Å². The number of thioether (sulfide) groups is 1. The van der Waals surface area contributed by atoms with Crippen LogP contribution >= 0.6 is 11.8 Å². The molecular weight excluding hydrogens is 528 g/mol. The first kappa shape index (κ1) is 27.0. The number of hydrogen-bond acceptors (Lipinski definition) is 8. The maximum absolute atomic E-state index is 12.8. The Morgan fingerprint density at radius 2 is 1.65 bits per heavy atom. The van der Waals surface area contributed by atoms with Gasteiger partial charge in [0.05, 0.1) is 12.2 Å². The smallest absolute Gasteiger partial charge is 0.283 e. The zero-order chi connectivity index (χ0) is 27.9. The van der Waals surface area contributed by atoms with Gasteiger partial charge in [-0.2, -0.15) is 15.1 Å². The van der Waals surface area contributed by atoms with E-state index in [9.17, 15) is 4.79 Å². The van der Waals surface area contributed by atoms with E-state index in [2.05, 4.69) is 10.1 Å². The lowest BCUT2D eigenvalue weighted by Gasteiger charge is -2.20. The summed E-state index contributed by atoms with van der Waals surface area (Å²) in [7, 11) is 0. The van der Waals surface area contributed by atoms with Crippen LogP contribution in [-0.2, 0) is 4.79 Å². The fourth-order valence-corrected chi connectivity index (χ4v) is 4.66. The lowest BCUT2D eigenvalue weighted by molar-refractivity contribution is -0.114. The molecule has 0 atom stereocenters. The van der Waals surface area contributed by atoms with Crippen molar-refractivity contribution in [2.24, 2.45) is 10.1 Å². The molecule has 0 fully saturated rings. The van der Waals surface area contributed by atoms with Gasteiger partial charge < -0.3 is 18.9 Å². The number of benzene rings is 3. The molecule has 0 aromatic heterocycles. The van der Waals surface area contributed by atoms with Crippen molar-refractivity contribution in [3.63, 3.8) is 0 Å². The predicted molar refractivity (Wildman–Crippen MR) is 157 cm³/mol. The molecule has 5 rings (SSSR count). The van der Waals surface area contributed by atoms with E-state index in [1.807, 2.05) is 68.4 Å².